The van der Waals surface area contributed by atoms with E-state index in [1.165, 1.54) is 20.0 Å². The zero-order valence-electron chi connectivity index (χ0n) is 15.6. The smallest absolute Gasteiger partial charge is 0.324 e. The minimum absolute atomic E-state index is 0.256. The van der Waals surface area contributed by atoms with E-state index in [-0.39, 0.29) is 5.82 Å². The van der Waals surface area contributed by atoms with Gasteiger partial charge in [0.05, 0.1) is 13.2 Å². The standard InChI is InChI=1S/C17H22N4O5/c1-9-10(2)21(24)14(20(9)6)12(11-7-18-19(5)8-11)13-15(22)25-17(3,4)26-16(13)23/h7-8,12-13H,1-6H3. The molecule has 9 heteroatoms. The molecule has 1 saturated heterocycles. The number of carbonyl (C=O) groups is 2. The molecule has 0 aliphatic carbocycles. The molecule has 3 heterocycles. The van der Waals surface area contributed by atoms with E-state index in [1.807, 2.05) is 0 Å². The molecule has 0 amide bonds. The van der Waals surface area contributed by atoms with E-state index in [4.69, 9.17) is 9.47 Å². The first kappa shape index (κ1) is 18.0. The molecule has 0 aromatic carbocycles. The number of ether oxygens (including phenoxy) is 2. The van der Waals surface area contributed by atoms with Crippen molar-refractivity contribution < 1.29 is 23.8 Å². The minimum atomic E-state index is -1.34. The van der Waals surface area contributed by atoms with Crippen LogP contribution < -0.4 is 4.73 Å². The van der Waals surface area contributed by atoms with E-state index in [0.29, 0.717) is 11.3 Å². The second-order valence-electron chi connectivity index (χ2n) is 7.03. The number of imidazole rings is 1. The summed E-state index contributed by atoms with van der Waals surface area (Å²) in [5, 5.41) is 16.9. The number of nitrogens with zero attached hydrogens (tertiary/aromatic N) is 4. The molecule has 1 unspecified atom stereocenters. The van der Waals surface area contributed by atoms with Crippen LogP contribution in [0.5, 0.6) is 0 Å². The Hall–Kier alpha value is -2.84. The number of cyclic esters (lactones) is 2. The number of esters is 2. The monoisotopic (exact) mass is 362 g/mol. The van der Waals surface area contributed by atoms with Gasteiger partial charge in [-0.25, -0.2) is 9.30 Å². The first-order chi connectivity index (χ1) is 12.0. The van der Waals surface area contributed by atoms with E-state index < -0.39 is 29.6 Å². The Morgan fingerprint density at radius 2 is 1.81 bits per heavy atom. The average Bonchev–Trinajstić information content (AvgIpc) is 3.02. The molecule has 0 bridgehead atoms. The number of carbonyl (C=O) groups excluding carboxylic acids is 2. The Bertz CT molecular complexity index is 850. The summed E-state index contributed by atoms with van der Waals surface area (Å²) in [6.45, 7) is 6.46. The van der Waals surface area contributed by atoms with Gasteiger partial charge in [0.15, 0.2) is 5.92 Å². The molecule has 140 valence electrons. The van der Waals surface area contributed by atoms with Gasteiger partial charge in [0.1, 0.15) is 17.3 Å². The number of hydrogen-bond donors (Lipinski definition) is 0. The van der Waals surface area contributed by atoms with Crippen LogP contribution in [0.4, 0.5) is 0 Å². The summed E-state index contributed by atoms with van der Waals surface area (Å²) in [5.74, 6) is -4.70. The number of hydrogen-bond acceptors (Lipinski definition) is 6. The van der Waals surface area contributed by atoms with Crippen molar-refractivity contribution in [2.24, 2.45) is 20.0 Å². The van der Waals surface area contributed by atoms with E-state index >= 15 is 0 Å². The molecule has 0 spiro atoms. The molecule has 1 fully saturated rings. The Balaban J connectivity index is 2.20. The fraction of sp³-hybridized carbons (Fsp3) is 0.529. The highest BCUT2D eigenvalue weighted by Gasteiger charge is 2.52. The van der Waals surface area contributed by atoms with Crippen LogP contribution in [0.2, 0.25) is 0 Å². The van der Waals surface area contributed by atoms with Crippen LogP contribution in [0.3, 0.4) is 0 Å². The second kappa shape index (κ2) is 5.86. The van der Waals surface area contributed by atoms with Crippen molar-refractivity contribution in [1.29, 1.82) is 0 Å². The van der Waals surface area contributed by atoms with E-state index in [9.17, 15) is 14.8 Å². The lowest BCUT2D eigenvalue weighted by atomic mass is 9.86. The molecule has 26 heavy (non-hydrogen) atoms. The molecule has 0 saturated carbocycles. The fourth-order valence-electron chi connectivity index (χ4n) is 3.30. The van der Waals surface area contributed by atoms with Crippen molar-refractivity contribution in [3.8, 4) is 0 Å². The third-order valence-corrected chi connectivity index (χ3v) is 4.78. The number of aromatic nitrogens is 4. The van der Waals surface area contributed by atoms with Gasteiger partial charge in [-0.2, -0.15) is 5.10 Å². The molecule has 2 aromatic heterocycles. The number of aryl methyl sites for hydroxylation is 1. The predicted octanol–water partition coefficient (Wildman–Crippen LogP) is 0.593. The second-order valence-corrected chi connectivity index (χ2v) is 7.03. The Kier molecular flexibility index (Phi) is 4.05. The molecule has 1 aliphatic heterocycles. The third-order valence-electron chi connectivity index (χ3n) is 4.78. The first-order valence-electron chi connectivity index (χ1n) is 8.23. The predicted molar refractivity (Wildman–Crippen MR) is 88.7 cm³/mol. The largest absolute Gasteiger partial charge is 0.711 e. The molecule has 0 radical (unpaired) electrons. The van der Waals surface area contributed by atoms with Gasteiger partial charge in [0.2, 0.25) is 0 Å². The zero-order chi connectivity index (χ0) is 19.4. The maximum absolute atomic E-state index is 12.8. The maximum atomic E-state index is 12.8. The number of rotatable bonds is 3. The summed E-state index contributed by atoms with van der Waals surface area (Å²) in [4.78, 5) is 25.3. The van der Waals surface area contributed by atoms with Crippen LogP contribution in [0.15, 0.2) is 12.4 Å². The van der Waals surface area contributed by atoms with Gasteiger partial charge in [-0.05, 0) is 0 Å². The van der Waals surface area contributed by atoms with Crippen molar-refractivity contribution in [2.45, 2.75) is 39.4 Å². The lowest BCUT2D eigenvalue weighted by Crippen LogP contribution is -2.50. The van der Waals surface area contributed by atoms with E-state index in [1.54, 1.807) is 43.4 Å². The van der Waals surface area contributed by atoms with Gasteiger partial charge >= 0.3 is 11.9 Å². The topological polar surface area (TPSA) is 102 Å². The highest BCUT2D eigenvalue weighted by molar-refractivity contribution is 5.98. The summed E-state index contributed by atoms with van der Waals surface area (Å²) in [6.07, 6.45) is 3.20. The van der Waals surface area contributed by atoms with Crippen molar-refractivity contribution >= 4 is 11.9 Å². The molecule has 0 N–H and O–H groups in total. The third kappa shape index (κ3) is 2.73. The maximum Gasteiger partial charge on any atom is 0.324 e. The molecule has 1 atom stereocenters. The van der Waals surface area contributed by atoms with Crippen molar-refractivity contribution in [1.82, 2.24) is 14.3 Å². The summed E-state index contributed by atoms with van der Waals surface area (Å²) in [6, 6.07) is 0. The normalized spacial score (nSPS) is 18.5. The highest BCUT2D eigenvalue weighted by atomic mass is 16.7. The van der Waals surface area contributed by atoms with E-state index in [2.05, 4.69) is 5.10 Å². The van der Waals surface area contributed by atoms with Gasteiger partial charge in [0.25, 0.3) is 11.6 Å². The van der Waals surface area contributed by atoms with Crippen molar-refractivity contribution in [2.75, 3.05) is 0 Å². The Morgan fingerprint density at radius 1 is 1.23 bits per heavy atom. The molecule has 3 rings (SSSR count). The van der Waals surface area contributed by atoms with Gasteiger partial charge in [-0.3, -0.25) is 14.3 Å². The van der Waals surface area contributed by atoms with Crippen molar-refractivity contribution in [3.05, 3.63) is 40.4 Å². The fourth-order valence-corrected chi connectivity index (χ4v) is 3.30. The Morgan fingerprint density at radius 3 is 2.23 bits per heavy atom. The lowest BCUT2D eigenvalue weighted by molar-refractivity contribution is -0.621. The quantitative estimate of drug-likeness (QED) is 0.343. The molecule has 9 nitrogen and oxygen atoms in total. The van der Waals surface area contributed by atoms with Gasteiger partial charge in [0, 0.05) is 46.5 Å². The van der Waals surface area contributed by atoms with Crippen LogP contribution in [-0.2, 0) is 33.2 Å². The van der Waals surface area contributed by atoms with Crippen LogP contribution in [-0.4, -0.2) is 32.1 Å². The molecule has 1 aliphatic rings. The molecule has 2 aromatic rings. The molecular formula is C17H22N4O5. The van der Waals surface area contributed by atoms with Gasteiger partial charge < -0.3 is 14.7 Å². The SMILES string of the molecule is Cc1c(C)[n+]([O-])c(C(c2cnn(C)c2)C2C(=O)OC(C)(C)OC2=O)n1C. The van der Waals surface area contributed by atoms with Gasteiger partial charge in [-0.15, -0.1) is 0 Å². The first-order valence-corrected chi connectivity index (χ1v) is 8.23. The van der Waals surface area contributed by atoms with Crippen LogP contribution in [0, 0.1) is 25.0 Å². The summed E-state index contributed by atoms with van der Waals surface area (Å²) < 4.78 is 14.5. The Labute approximate surface area is 150 Å². The average molecular weight is 362 g/mol. The van der Waals surface area contributed by atoms with Crippen LogP contribution in [0.1, 0.15) is 42.5 Å². The highest BCUT2D eigenvalue weighted by Crippen LogP contribution is 2.37. The summed E-state index contributed by atoms with van der Waals surface area (Å²) in [7, 11) is 3.44. The van der Waals surface area contributed by atoms with Crippen LogP contribution in [0.25, 0.3) is 0 Å². The summed E-state index contributed by atoms with van der Waals surface area (Å²) >= 11 is 0. The van der Waals surface area contributed by atoms with Crippen molar-refractivity contribution in [3.63, 3.8) is 0 Å². The molecular weight excluding hydrogens is 340 g/mol. The summed E-state index contributed by atoms with van der Waals surface area (Å²) in [5.41, 5.74) is 1.78. The minimum Gasteiger partial charge on any atom is -0.711 e. The lowest BCUT2D eigenvalue weighted by Gasteiger charge is -2.35. The van der Waals surface area contributed by atoms with Crippen LogP contribution >= 0.6 is 0 Å². The van der Waals surface area contributed by atoms with E-state index in [0.717, 1.165) is 10.4 Å². The van der Waals surface area contributed by atoms with Gasteiger partial charge in [-0.1, -0.05) is 0 Å². The zero-order valence-corrected chi connectivity index (χ0v) is 15.6.